The van der Waals surface area contributed by atoms with E-state index in [4.69, 9.17) is 47.4 Å². The molecule has 9 fully saturated rings. The molecule has 5 aliphatic heterocycles. The van der Waals surface area contributed by atoms with Crippen molar-refractivity contribution in [1.82, 2.24) is 0 Å². The van der Waals surface area contributed by atoms with Crippen molar-refractivity contribution in [2.45, 2.75) is 265 Å². The minimum absolute atomic E-state index is 0.00430. The Bertz CT molecular complexity index is 2460. The van der Waals surface area contributed by atoms with Gasteiger partial charge in [0.25, 0.3) is 0 Å². The summed E-state index contributed by atoms with van der Waals surface area (Å²) in [6.07, 6.45) is -36.9. The van der Waals surface area contributed by atoms with Crippen LogP contribution in [0.25, 0.3) is 0 Å². The monoisotopic (exact) mass is 1280 g/mol. The maximum atomic E-state index is 15.2. The highest BCUT2D eigenvalue weighted by atomic mass is 16.8. The molecule has 29 nitrogen and oxygen atoms in total. The number of hydrogen-bond acceptors (Lipinski definition) is 29. The van der Waals surface area contributed by atoms with Crippen LogP contribution >= 0.6 is 0 Å². The van der Waals surface area contributed by atoms with Crippen molar-refractivity contribution in [2.24, 2.45) is 50.2 Å². The van der Waals surface area contributed by atoms with Crippen molar-refractivity contribution >= 4 is 5.97 Å². The number of fused-ring (bicyclic) bond motifs is 7. The topological polar surface area (TPSA) is 474 Å². The summed E-state index contributed by atoms with van der Waals surface area (Å²) in [6.45, 7) is 8.84. The van der Waals surface area contributed by atoms with Crippen LogP contribution in [0.5, 0.6) is 0 Å². The molecule has 10 rings (SSSR count). The molecule has 18 N–H and O–H groups in total. The number of carbonyl (C=O) groups excluding carboxylic acids is 1. The number of esters is 1. The molecular formula is C60H98O29. The number of allylic oxidation sites excluding steroid dienone is 2. The highest BCUT2D eigenvalue weighted by Crippen LogP contribution is 2.76. The van der Waals surface area contributed by atoms with Crippen molar-refractivity contribution in [1.29, 1.82) is 0 Å². The minimum Gasteiger partial charge on any atom is -0.432 e. The molecule has 0 aromatic carbocycles. The van der Waals surface area contributed by atoms with Crippen LogP contribution in [0.1, 0.15) is 106 Å². The molecule has 10 aliphatic rings. The average molecular weight is 1280 g/mol. The van der Waals surface area contributed by atoms with E-state index in [-0.39, 0.29) is 23.2 Å². The van der Waals surface area contributed by atoms with Crippen molar-refractivity contribution in [3.05, 3.63) is 11.6 Å². The summed E-state index contributed by atoms with van der Waals surface area (Å²) >= 11 is 0. The summed E-state index contributed by atoms with van der Waals surface area (Å²) in [5.74, 6) is -1.21. The lowest BCUT2D eigenvalue weighted by Gasteiger charge is -2.71. The summed E-state index contributed by atoms with van der Waals surface area (Å²) in [4.78, 5) is 15.2. The molecule has 89 heavy (non-hydrogen) atoms. The van der Waals surface area contributed by atoms with Gasteiger partial charge in [-0.2, -0.15) is 0 Å². The average Bonchev–Trinajstić information content (AvgIpc) is 0.678. The quantitative estimate of drug-likeness (QED) is 0.0390. The SMILES string of the molecule is CC1(C)CC[C@]2(C(=O)O[C@@H]3O[C@H](CO[C@@H]4O[C@H](CO)[C@@H](O)[C@H](O)[C@H]4O)[C@@H](O)[C@H](O)[C@H]3O)CC[C@]3(C)C(=CC[C@@H]4[C@@]5(C)CC[C@H](O[C@@H]6O[C@H](CO)[C@@H](O)[C@H](O[C@@H]7O[C@H](CO)[C@@H](O)[C@H](O)[C@H]7O)[C@H]6O[C@@H]6O[C@H](CO)[C@@H](O)[C@H](O)[C@H]6O)[C@@](C)(CO)[C@@H]5CC[C@]43C)[C@@H]2C1. The van der Waals surface area contributed by atoms with E-state index in [9.17, 15) is 91.9 Å². The lowest BCUT2D eigenvalue weighted by atomic mass is 9.33. The van der Waals surface area contributed by atoms with Crippen LogP contribution in [0.2, 0.25) is 0 Å². The van der Waals surface area contributed by atoms with Crippen LogP contribution in [-0.2, 0) is 52.2 Å². The molecule has 512 valence electrons. The van der Waals surface area contributed by atoms with Crippen LogP contribution in [-0.4, -0.2) is 297 Å². The lowest BCUT2D eigenvalue weighted by Crippen LogP contribution is -2.69. The standard InChI is InChI=1S/C60H98O29/c1-55(2)13-15-60(54(79)89-52-46(78)42(74)37(69)30(85-52)22-80-49-43(75)39(71)34(66)26(18-61)81-49)16-14-58(5)24(25(60)17-55)7-8-32-56(3)11-10-33(57(4,23-65)31(56)9-12-59(32,58)6)86-53-48(88-51-45(77)41(73)36(68)28(20-63)83-51)47(38(70)29(21-64)84-53)87-50-44(76)40(72)35(67)27(19-62)82-50/h7,25-53,61-78H,8-23H2,1-6H3/t25-,26+,27+,28+,29+,30+,31+,32+,33-,34+,35+,36+,37+,38+,39-,40-,41-,42-,43+,44+,45+,46+,47-,48+,49+,50-,51-,52-,53-,56-,57-,58+,59+,60-/m0/s1. The Hall–Kier alpha value is -1.87. The van der Waals surface area contributed by atoms with E-state index in [2.05, 4.69) is 40.7 Å². The summed E-state index contributed by atoms with van der Waals surface area (Å²) in [5, 5.41) is 194. The third-order valence-electron chi connectivity index (χ3n) is 23.7. The predicted octanol–water partition coefficient (Wildman–Crippen LogP) is -5.24. The van der Waals surface area contributed by atoms with E-state index >= 15 is 4.79 Å². The fraction of sp³-hybridized carbons (Fsp3) is 0.950. The van der Waals surface area contributed by atoms with Gasteiger partial charge in [0.05, 0.1) is 51.2 Å². The lowest BCUT2D eigenvalue weighted by molar-refractivity contribution is -0.400. The maximum absolute atomic E-state index is 15.2. The van der Waals surface area contributed by atoms with Crippen LogP contribution in [0.4, 0.5) is 0 Å². The van der Waals surface area contributed by atoms with Crippen LogP contribution in [0.15, 0.2) is 11.6 Å². The molecule has 5 heterocycles. The van der Waals surface area contributed by atoms with Gasteiger partial charge in [0.15, 0.2) is 25.2 Å². The Balaban J connectivity index is 0.903. The highest BCUT2D eigenvalue weighted by Gasteiger charge is 2.71. The van der Waals surface area contributed by atoms with E-state index < -0.39 is 232 Å². The Morgan fingerprint density at radius 2 is 0.955 bits per heavy atom. The number of ether oxygens (including phenoxy) is 10. The third-order valence-corrected chi connectivity index (χ3v) is 23.7. The summed E-state index contributed by atoms with van der Waals surface area (Å²) in [6, 6.07) is 0. The fourth-order valence-electron chi connectivity index (χ4n) is 17.9. The first-order chi connectivity index (χ1) is 41.8. The van der Waals surface area contributed by atoms with E-state index in [1.807, 2.05) is 6.92 Å². The number of hydrogen-bond donors (Lipinski definition) is 18. The summed E-state index contributed by atoms with van der Waals surface area (Å²) < 4.78 is 60.3. The fourth-order valence-corrected chi connectivity index (χ4v) is 17.9. The van der Waals surface area contributed by atoms with E-state index in [1.165, 1.54) is 0 Å². The van der Waals surface area contributed by atoms with Crippen LogP contribution in [0, 0.1) is 50.2 Å². The van der Waals surface area contributed by atoms with Gasteiger partial charge in [0.2, 0.25) is 6.29 Å². The molecule has 0 unspecified atom stereocenters. The minimum atomic E-state index is -2.00. The van der Waals surface area contributed by atoms with Gasteiger partial charge in [0.1, 0.15) is 122 Å². The Morgan fingerprint density at radius 1 is 0.483 bits per heavy atom. The first kappa shape index (κ1) is 69.9. The Kier molecular flexibility index (Phi) is 20.6. The molecule has 0 radical (unpaired) electrons. The summed E-state index contributed by atoms with van der Waals surface area (Å²) in [7, 11) is 0. The molecular weight excluding hydrogens is 1180 g/mol. The maximum Gasteiger partial charge on any atom is 0.315 e. The number of aliphatic hydroxyl groups is 18. The smallest absolute Gasteiger partial charge is 0.315 e. The second kappa shape index (κ2) is 26.3. The predicted molar refractivity (Wildman–Crippen MR) is 297 cm³/mol. The zero-order valence-corrected chi connectivity index (χ0v) is 51.2. The van der Waals surface area contributed by atoms with Gasteiger partial charge in [-0.1, -0.05) is 53.2 Å². The Labute approximate surface area is 515 Å². The van der Waals surface area contributed by atoms with E-state index in [0.717, 1.165) is 5.57 Å². The van der Waals surface area contributed by atoms with Crippen molar-refractivity contribution in [2.75, 3.05) is 39.6 Å². The molecule has 5 saturated heterocycles. The second-order valence-corrected chi connectivity index (χ2v) is 29.0. The number of rotatable bonds is 16. The van der Waals surface area contributed by atoms with Gasteiger partial charge in [-0.15, -0.1) is 0 Å². The molecule has 0 bridgehead atoms. The highest BCUT2D eigenvalue weighted by molar-refractivity contribution is 5.79. The van der Waals surface area contributed by atoms with Crippen LogP contribution < -0.4 is 0 Å². The van der Waals surface area contributed by atoms with Gasteiger partial charge in [0, 0.05) is 5.41 Å². The van der Waals surface area contributed by atoms with Crippen molar-refractivity contribution < 1.29 is 144 Å². The number of carbonyl (C=O) groups is 1. The second-order valence-electron chi connectivity index (χ2n) is 29.0. The molecule has 0 spiro atoms. The molecule has 0 amide bonds. The molecule has 0 aromatic rings. The normalized spacial score (nSPS) is 54.2. The first-order valence-corrected chi connectivity index (χ1v) is 31.5. The molecule has 5 aliphatic carbocycles. The molecule has 34 atom stereocenters. The van der Waals surface area contributed by atoms with Gasteiger partial charge in [-0.3, -0.25) is 4.79 Å². The first-order valence-electron chi connectivity index (χ1n) is 31.5. The van der Waals surface area contributed by atoms with Crippen LogP contribution in [0.3, 0.4) is 0 Å². The van der Waals surface area contributed by atoms with E-state index in [1.54, 1.807) is 0 Å². The van der Waals surface area contributed by atoms with Gasteiger partial charge in [-0.25, -0.2) is 0 Å². The zero-order chi connectivity index (χ0) is 65.0. The Morgan fingerprint density at radius 3 is 1.51 bits per heavy atom. The van der Waals surface area contributed by atoms with Crippen molar-refractivity contribution in [3.63, 3.8) is 0 Å². The van der Waals surface area contributed by atoms with E-state index in [0.29, 0.717) is 64.2 Å². The molecule has 29 heteroatoms. The van der Waals surface area contributed by atoms with Gasteiger partial charge < -0.3 is 139 Å². The molecule has 0 aromatic heterocycles. The largest absolute Gasteiger partial charge is 0.432 e. The molecule has 4 saturated carbocycles. The van der Waals surface area contributed by atoms with Gasteiger partial charge in [-0.05, 0) is 104 Å². The van der Waals surface area contributed by atoms with Crippen molar-refractivity contribution in [3.8, 4) is 0 Å². The van der Waals surface area contributed by atoms with Gasteiger partial charge >= 0.3 is 5.97 Å². The third kappa shape index (κ3) is 11.8. The summed E-state index contributed by atoms with van der Waals surface area (Å²) in [5.41, 5.74) is -2.60. The number of aliphatic hydroxyl groups excluding tert-OH is 18. The zero-order valence-electron chi connectivity index (χ0n) is 51.2.